The molecule has 6 nitrogen and oxygen atoms in total. The van der Waals surface area contributed by atoms with E-state index >= 15 is 0 Å². The summed E-state index contributed by atoms with van der Waals surface area (Å²) in [5, 5.41) is 3.15. The molecule has 0 fully saturated rings. The summed E-state index contributed by atoms with van der Waals surface area (Å²) in [4.78, 5) is 12.8. The Labute approximate surface area is 195 Å². The van der Waals surface area contributed by atoms with E-state index in [2.05, 4.69) is 21.2 Å². The van der Waals surface area contributed by atoms with Crippen LogP contribution >= 0.6 is 27.5 Å². The predicted molar refractivity (Wildman–Crippen MR) is 126 cm³/mol. The number of ether oxygens (including phenoxy) is 1. The van der Waals surface area contributed by atoms with Gasteiger partial charge in [0.15, 0.2) is 0 Å². The number of rotatable bonds is 8. The highest BCUT2D eigenvalue weighted by molar-refractivity contribution is 9.10. The van der Waals surface area contributed by atoms with Gasteiger partial charge in [0.1, 0.15) is 12.3 Å². The van der Waals surface area contributed by atoms with Crippen LogP contribution in [0, 0.1) is 0 Å². The molecule has 0 saturated heterocycles. The number of carbonyl (C=O) groups is 1. The SMILES string of the molecule is CCOc1ccc(N(CC(=O)Nc2ccccc2Br)S(=O)(=O)c2ccc(Cl)cc2)cc1. The number of anilines is 2. The molecule has 3 rings (SSSR count). The topological polar surface area (TPSA) is 75.7 Å². The lowest BCUT2D eigenvalue weighted by Crippen LogP contribution is -2.38. The van der Waals surface area contributed by atoms with Gasteiger partial charge in [-0.15, -0.1) is 0 Å². The normalized spacial score (nSPS) is 11.1. The van der Waals surface area contributed by atoms with Gasteiger partial charge in [-0.2, -0.15) is 0 Å². The summed E-state index contributed by atoms with van der Waals surface area (Å²) in [7, 11) is -4.03. The van der Waals surface area contributed by atoms with E-state index in [1.807, 2.05) is 13.0 Å². The van der Waals surface area contributed by atoms with Crippen LogP contribution in [0.25, 0.3) is 0 Å². The Morgan fingerprint density at radius 2 is 1.68 bits per heavy atom. The first-order chi connectivity index (χ1) is 14.8. The highest BCUT2D eigenvalue weighted by atomic mass is 79.9. The molecule has 9 heteroatoms. The van der Waals surface area contributed by atoms with E-state index in [1.54, 1.807) is 42.5 Å². The van der Waals surface area contributed by atoms with E-state index in [4.69, 9.17) is 16.3 Å². The molecule has 0 unspecified atom stereocenters. The van der Waals surface area contributed by atoms with Crippen molar-refractivity contribution in [1.82, 2.24) is 0 Å². The molecule has 0 saturated carbocycles. The number of amides is 1. The van der Waals surface area contributed by atoms with E-state index < -0.39 is 22.5 Å². The molecule has 0 aliphatic rings. The molecule has 0 aromatic heterocycles. The molecule has 31 heavy (non-hydrogen) atoms. The van der Waals surface area contributed by atoms with Crippen molar-refractivity contribution >= 4 is 54.8 Å². The maximum Gasteiger partial charge on any atom is 0.264 e. The number of para-hydroxylation sites is 1. The van der Waals surface area contributed by atoms with Crippen molar-refractivity contribution in [1.29, 1.82) is 0 Å². The summed E-state index contributed by atoms with van der Waals surface area (Å²) in [5.41, 5.74) is 0.878. The number of halogens is 2. The van der Waals surface area contributed by atoms with Crippen LogP contribution < -0.4 is 14.4 Å². The number of nitrogens with one attached hydrogen (secondary N) is 1. The Morgan fingerprint density at radius 1 is 1.03 bits per heavy atom. The number of carbonyl (C=O) groups excluding carboxylic acids is 1. The molecule has 0 radical (unpaired) electrons. The molecule has 0 atom stereocenters. The first-order valence-electron chi connectivity index (χ1n) is 9.37. The van der Waals surface area contributed by atoms with Crippen molar-refractivity contribution in [2.45, 2.75) is 11.8 Å². The monoisotopic (exact) mass is 522 g/mol. The molecule has 0 aliphatic heterocycles. The van der Waals surface area contributed by atoms with Crippen molar-refractivity contribution in [3.8, 4) is 5.75 Å². The van der Waals surface area contributed by atoms with Gasteiger partial charge in [0.2, 0.25) is 5.91 Å². The first-order valence-corrected chi connectivity index (χ1v) is 12.0. The first kappa shape index (κ1) is 23.1. The largest absolute Gasteiger partial charge is 0.494 e. The molecule has 3 aromatic carbocycles. The summed E-state index contributed by atoms with van der Waals surface area (Å²) >= 11 is 9.27. The Balaban J connectivity index is 1.94. The average molecular weight is 524 g/mol. The fourth-order valence-electron chi connectivity index (χ4n) is 2.81. The van der Waals surface area contributed by atoms with Gasteiger partial charge in [-0.1, -0.05) is 23.7 Å². The van der Waals surface area contributed by atoms with Crippen LogP contribution in [0.5, 0.6) is 5.75 Å². The van der Waals surface area contributed by atoms with Crippen LogP contribution in [0.2, 0.25) is 5.02 Å². The van der Waals surface area contributed by atoms with Gasteiger partial charge in [0.25, 0.3) is 10.0 Å². The molecule has 162 valence electrons. The number of sulfonamides is 1. The Kier molecular flexibility index (Phi) is 7.59. The average Bonchev–Trinajstić information content (AvgIpc) is 2.75. The molecule has 0 bridgehead atoms. The van der Waals surface area contributed by atoms with Crippen LogP contribution in [-0.4, -0.2) is 27.5 Å². The number of nitrogens with zero attached hydrogens (tertiary/aromatic N) is 1. The lowest BCUT2D eigenvalue weighted by molar-refractivity contribution is -0.114. The Hall–Kier alpha value is -2.55. The third kappa shape index (κ3) is 5.78. The zero-order chi connectivity index (χ0) is 22.4. The summed E-state index contributed by atoms with van der Waals surface area (Å²) in [6, 6.07) is 19.4. The van der Waals surface area contributed by atoms with E-state index in [9.17, 15) is 13.2 Å². The van der Waals surface area contributed by atoms with Gasteiger partial charge >= 0.3 is 0 Å². The van der Waals surface area contributed by atoms with Crippen LogP contribution in [0.1, 0.15) is 6.92 Å². The smallest absolute Gasteiger partial charge is 0.264 e. The Morgan fingerprint density at radius 3 is 2.29 bits per heavy atom. The van der Waals surface area contributed by atoms with Crippen molar-refractivity contribution in [3.63, 3.8) is 0 Å². The molecule has 1 amide bonds. The van der Waals surface area contributed by atoms with E-state index in [1.165, 1.54) is 24.3 Å². The molecule has 0 spiro atoms. The van der Waals surface area contributed by atoms with E-state index in [0.29, 0.717) is 33.2 Å². The zero-order valence-electron chi connectivity index (χ0n) is 16.6. The fourth-order valence-corrected chi connectivity index (χ4v) is 4.74. The van der Waals surface area contributed by atoms with Gasteiger partial charge in [0.05, 0.1) is 22.9 Å². The van der Waals surface area contributed by atoms with Crippen molar-refractivity contribution in [2.75, 3.05) is 22.8 Å². The predicted octanol–water partition coefficient (Wildman–Crippen LogP) is 5.34. The summed E-state index contributed by atoms with van der Waals surface area (Å²) in [6.07, 6.45) is 0. The van der Waals surface area contributed by atoms with E-state index in [0.717, 1.165) is 4.31 Å². The van der Waals surface area contributed by atoms with Crippen molar-refractivity contribution in [3.05, 3.63) is 82.3 Å². The number of hydrogen-bond donors (Lipinski definition) is 1. The second kappa shape index (κ2) is 10.2. The molecule has 0 heterocycles. The minimum atomic E-state index is -4.03. The molecular formula is C22H20BrClN2O4S. The van der Waals surface area contributed by atoms with Crippen LogP contribution in [0.4, 0.5) is 11.4 Å². The molecule has 0 aliphatic carbocycles. The molecule has 1 N–H and O–H groups in total. The minimum Gasteiger partial charge on any atom is -0.494 e. The highest BCUT2D eigenvalue weighted by Gasteiger charge is 2.27. The van der Waals surface area contributed by atoms with Crippen LogP contribution in [-0.2, 0) is 14.8 Å². The van der Waals surface area contributed by atoms with Crippen molar-refractivity contribution in [2.24, 2.45) is 0 Å². The van der Waals surface area contributed by atoms with Crippen LogP contribution in [0.3, 0.4) is 0 Å². The quantitative estimate of drug-likeness (QED) is 0.433. The maximum atomic E-state index is 13.4. The number of benzene rings is 3. The maximum absolute atomic E-state index is 13.4. The summed E-state index contributed by atoms with van der Waals surface area (Å²) < 4.78 is 33.9. The van der Waals surface area contributed by atoms with Gasteiger partial charge in [0, 0.05) is 9.50 Å². The minimum absolute atomic E-state index is 0.0273. The summed E-state index contributed by atoms with van der Waals surface area (Å²) in [5.74, 6) is 0.117. The standard InChI is InChI=1S/C22H20BrClN2O4S/c1-2-30-18-11-9-17(10-12-18)26(31(28,29)19-13-7-16(24)8-14-19)15-22(27)25-21-6-4-3-5-20(21)23/h3-14H,2,15H2,1H3,(H,25,27). The van der Waals surface area contributed by atoms with E-state index in [-0.39, 0.29) is 4.90 Å². The van der Waals surface area contributed by atoms with Gasteiger partial charge in [-0.05, 0) is 83.5 Å². The third-order valence-corrected chi connectivity index (χ3v) is 7.00. The number of hydrogen-bond acceptors (Lipinski definition) is 4. The second-order valence-electron chi connectivity index (χ2n) is 6.42. The van der Waals surface area contributed by atoms with Gasteiger partial charge in [-0.3, -0.25) is 9.10 Å². The molecular weight excluding hydrogens is 504 g/mol. The summed E-state index contributed by atoms with van der Waals surface area (Å²) in [6.45, 7) is 1.93. The lowest BCUT2D eigenvalue weighted by Gasteiger charge is -2.24. The van der Waals surface area contributed by atoms with Crippen molar-refractivity contribution < 1.29 is 17.9 Å². The third-order valence-electron chi connectivity index (χ3n) is 4.27. The zero-order valence-corrected chi connectivity index (χ0v) is 19.7. The molecule has 3 aromatic rings. The fraction of sp³-hybridized carbons (Fsp3) is 0.136. The van der Waals surface area contributed by atoms with Gasteiger partial charge < -0.3 is 10.1 Å². The van der Waals surface area contributed by atoms with Crippen LogP contribution in [0.15, 0.2) is 82.2 Å². The highest BCUT2D eigenvalue weighted by Crippen LogP contribution is 2.27. The Bertz CT molecular complexity index is 1150. The second-order valence-corrected chi connectivity index (χ2v) is 9.57. The lowest BCUT2D eigenvalue weighted by atomic mass is 10.3. The van der Waals surface area contributed by atoms with Gasteiger partial charge in [-0.25, -0.2) is 8.42 Å².